The maximum atomic E-state index is 5.78. The molecule has 2 fully saturated rings. The van der Waals surface area contributed by atoms with Crippen LogP contribution in [0.5, 0.6) is 0 Å². The largest absolute Gasteiger partial charge is 0.347 e. The van der Waals surface area contributed by atoms with E-state index in [1.54, 1.807) is 0 Å². The summed E-state index contributed by atoms with van der Waals surface area (Å²) >= 11 is 0. The Bertz CT molecular complexity index is 207. The van der Waals surface area contributed by atoms with Crippen LogP contribution in [0.3, 0.4) is 0 Å². The molecule has 2 N–H and O–H groups in total. The lowest BCUT2D eigenvalue weighted by atomic mass is 10.2. The Hall–Kier alpha value is -0.160. The zero-order valence-corrected chi connectivity index (χ0v) is 9.58. The van der Waals surface area contributed by atoms with Crippen molar-refractivity contribution in [2.45, 2.75) is 38.1 Å². The molecule has 4 heteroatoms. The second kappa shape index (κ2) is 4.78. The predicted molar refractivity (Wildman–Crippen MR) is 58.6 cm³/mol. The third-order valence-corrected chi connectivity index (χ3v) is 3.33. The second-order valence-corrected chi connectivity index (χ2v) is 4.72. The van der Waals surface area contributed by atoms with Crippen molar-refractivity contribution in [1.29, 1.82) is 0 Å². The molecule has 2 unspecified atom stereocenters. The Morgan fingerprint density at radius 3 is 2.73 bits per heavy atom. The number of hydrogen-bond donors (Lipinski definition) is 1. The van der Waals surface area contributed by atoms with E-state index in [1.165, 1.54) is 25.9 Å². The molecule has 2 aliphatic heterocycles. The van der Waals surface area contributed by atoms with Gasteiger partial charge in [-0.15, -0.1) is 0 Å². The Balaban J connectivity index is 1.73. The third kappa shape index (κ3) is 2.91. The van der Waals surface area contributed by atoms with Gasteiger partial charge in [0.1, 0.15) is 0 Å². The molecule has 2 heterocycles. The first-order chi connectivity index (χ1) is 7.22. The molecule has 2 saturated heterocycles. The Morgan fingerprint density at radius 1 is 1.40 bits per heavy atom. The summed E-state index contributed by atoms with van der Waals surface area (Å²) in [6.07, 6.45) is 3.71. The van der Waals surface area contributed by atoms with Gasteiger partial charge in [-0.05, 0) is 32.9 Å². The van der Waals surface area contributed by atoms with Gasteiger partial charge < -0.3 is 20.1 Å². The molecule has 15 heavy (non-hydrogen) atoms. The van der Waals surface area contributed by atoms with E-state index in [2.05, 4.69) is 4.90 Å². The fourth-order valence-corrected chi connectivity index (χ4v) is 2.30. The molecule has 0 saturated carbocycles. The van der Waals surface area contributed by atoms with E-state index in [0.717, 1.165) is 13.0 Å². The number of nitrogens with two attached hydrogens (primary N) is 1. The van der Waals surface area contributed by atoms with Crippen LogP contribution in [0.1, 0.15) is 26.2 Å². The van der Waals surface area contributed by atoms with Crippen LogP contribution in [0.4, 0.5) is 0 Å². The number of ether oxygens (including phenoxy) is 2. The molecule has 0 aromatic heterocycles. The quantitative estimate of drug-likeness (QED) is 0.743. The highest BCUT2D eigenvalue weighted by Crippen LogP contribution is 2.27. The van der Waals surface area contributed by atoms with Crippen LogP contribution in [0.15, 0.2) is 0 Å². The molecule has 0 radical (unpaired) electrons. The van der Waals surface area contributed by atoms with Crippen LogP contribution < -0.4 is 5.73 Å². The molecule has 0 bridgehead atoms. The average molecular weight is 214 g/mol. The molecule has 88 valence electrons. The van der Waals surface area contributed by atoms with Gasteiger partial charge in [-0.1, -0.05) is 0 Å². The molecule has 2 rings (SSSR count). The normalized spacial score (nSPS) is 37.6. The van der Waals surface area contributed by atoms with Gasteiger partial charge in [0.05, 0.1) is 12.7 Å². The summed E-state index contributed by atoms with van der Waals surface area (Å²) < 4.78 is 11.5. The topological polar surface area (TPSA) is 47.7 Å². The number of nitrogens with zero attached hydrogens (tertiary/aromatic N) is 1. The average Bonchev–Trinajstić information content (AvgIpc) is 2.84. The minimum atomic E-state index is -0.396. The lowest BCUT2D eigenvalue weighted by Crippen LogP contribution is -2.34. The Kier molecular flexibility index (Phi) is 3.61. The SMILES string of the molecule is CC1(CCN2CCCC2)OCC(CN)O1. The van der Waals surface area contributed by atoms with Crippen LogP contribution in [0, 0.1) is 0 Å². The van der Waals surface area contributed by atoms with Gasteiger partial charge in [0.25, 0.3) is 0 Å². The van der Waals surface area contributed by atoms with Gasteiger partial charge in [-0.3, -0.25) is 0 Å². The Labute approximate surface area is 91.7 Å². The monoisotopic (exact) mass is 214 g/mol. The van der Waals surface area contributed by atoms with E-state index in [0.29, 0.717) is 13.2 Å². The molecule has 0 aromatic rings. The molecule has 2 aliphatic rings. The third-order valence-electron chi connectivity index (χ3n) is 3.33. The summed E-state index contributed by atoms with van der Waals surface area (Å²) in [5.41, 5.74) is 5.56. The van der Waals surface area contributed by atoms with E-state index in [4.69, 9.17) is 15.2 Å². The van der Waals surface area contributed by atoms with Gasteiger partial charge in [-0.25, -0.2) is 0 Å². The fraction of sp³-hybridized carbons (Fsp3) is 1.00. The van der Waals surface area contributed by atoms with E-state index < -0.39 is 5.79 Å². The van der Waals surface area contributed by atoms with Gasteiger partial charge in [0, 0.05) is 19.5 Å². The van der Waals surface area contributed by atoms with E-state index in [9.17, 15) is 0 Å². The van der Waals surface area contributed by atoms with Crippen LogP contribution >= 0.6 is 0 Å². The number of hydrogen-bond acceptors (Lipinski definition) is 4. The molecular weight excluding hydrogens is 192 g/mol. The highest BCUT2D eigenvalue weighted by atomic mass is 16.7. The molecule has 2 atom stereocenters. The maximum Gasteiger partial charge on any atom is 0.167 e. The smallest absolute Gasteiger partial charge is 0.167 e. The first kappa shape index (κ1) is 11.3. The maximum absolute atomic E-state index is 5.78. The fourth-order valence-electron chi connectivity index (χ4n) is 2.30. The minimum Gasteiger partial charge on any atom is -0.347 e. The molecule has 0 aromatic carbocycles. The van der Waals surface area contributed by atoms with Crippen molar-refractivity contribution in [1.82, 2.24) is 4.90 Å². The van der Waals surface area contributed by atoms with Crippen LogP contribution in [-0.4, -0.2) is 49.6 Å². The summed E-state index contributed by atoms with van der Waals surface area (Å²) in [7, 11) is 0. The summed E-state index contributed by atoms with van der Waals surface area (Å²) in [6, 6.07) is 0. The standard InChI is InChI=1S/C11H22N2O2/c1-11(14-9-10(8-12)15-11)4-7-13-5-2-3-6-13/h10H,2-9,12H2,1H3. The van der Waals surface area contributed by atoms with E-state index in [1.807, 2.05) is 6.92 Å². The lowest BCUT2D eigenvalue weighted by molar-refractivity contribution is -0.159. The number of likely N-dealkylation sites (tertiary alicyclic amines) is 1. The van der Waals surface area contributed by atoms with Gasteiger partial charge in [-0.2, -0.15) is 0 Å². The van der Waals surface area contributed by atoms with Crippen molar-refractivity contribution in [3.05, 3.63) is 0 Å². The first-order valence-corrected chi connectivity index (χ1v) is 5.96. The van der Waals surface area contributed by atoms with Gasteiger partial charge >= 0.3 is 0 Å². The second-order valence-electron chi connectivity index (χ2n) is 4.72. The van der Waals surface area contributed by atoms with Gasteiger partial charge in [0.15, 0.2) is 5.79 Å². The Morgan fingerprint density at radius 2 is 2.13 bits per heavy atom. The summed E-state index contributed by atoms with van der Waals surface area (Å²) in [4.78, 5) is 2.48. The lowest BCUT2D eigenvalue weighted by Gasteiger charge is -2.26. The van der Waals surface area contributed by atoms with Crippen molar-refractivity contribution in [2.24, 2.45) is 5.73 Å². The molecule has 0 spiro atoms. The van der Waals surface area contributed by atoms with Crippen LogP contribution in [0.25, 0.3) is 0 Å². The molecular formula is C11H22N2O2. The summed E-state index contributed by atoms with van der Waals surface area (Å²) in [5, 5.41) is 0. The summed E-state index contributed by atoms with van der Waals surface area (Å²) in [6.45, 7) is 6.77. The molecule has 4 nitrogen and oxygen atoms in total. The van der Waals surface area contributed by atoms with Crippen molar-refractivity contribution >= 4 is 0 Å². The first-order valence-electron chi connectivity index (χ1n) is 5.96. The van der Waals surface area contributed by atoms with Gasteiger partial charge in [0.2, 0.25) is 0 Å². The van der Waals surface area contributed by atoms with Crippen molar-refractivity contribution in [3.63, 3.8) is 0 Å². The minimum absolute atomic E-state index is 0.0913. The highest BCUT2D eigenvalue weighted by molar-refractivity contribution is 4.78. The van der Waals surface area contributed by atoms with Crippen molar-refractivity contribution in [2.75, 3.05) is 32.8 Å². The zero-order chi connectivity index (χ0) is 10.7. The predicted octanol–water partition coefficient (Wildman–Crippen LogP) is 0.563. The van der Waals surface area contributed by atoms with Crippen molar-refractivity contribution in [3.8, 4) is 0 Å². The summed E-state index contributed by atoms with van der Waals surface area (Å²) in [5.74, 6) is -0.396. The highest BCUT2D eigenvalue weighted by Gasteiger charge is 2.36. The van der Waals surface area contributed by atoms with Crippen LogP contribution in [-0.2, 0) is 9.47 Å². The molecule has 0 amide bonds. The van der Waals surface area contributed by atoms with Crippen molar-refractivity contribution < 1.29 is 9.47 Å². The number of rotatable bonds is 4. The zero-order valence-electron chi connectivity index (χ0n) is 9.58. The van der Waals surface area contributed by atoms with E-state index >= 15 is 0 Å². The van der Waals surface area contributed by atoms with Crippen LogP contribution in [0.2, 0.25) is 0 Å². The molecule has 0 aliphatic carbocycles. The van der Waals surface area contributed by atoms with E-state index in [-0.39, 0.29) is 6.10 Å².